The molecule has 0 aromatic heterocycles. The highest BCUT2D eigenvalue weighted by Crippen LogP contribution is 2.19. The SMILES string of the molecule is O=C(NCC(=O)N1CCNCC1)C1CCCCS1(=O)=O. The Labute approximate surface area is 119 Å². The van der Waals surface area contributed by atoms with Crippen LogP contribution in [0.2, 0.25) is 0 Å². The number of hydrogen-bond acceptors (Lipinski definition) is 5. The van der Waals surface area contributed by atoms with E-state index in [0.717, 1.165) is 19.5 Å². The Kier molecular flexibility index (Phi) is 4.98. The van der Waals surface area contributed by atoms with E-state index in [4.69, 9.17) is 0 Å². The van der Waals surface area contributed by atoms with Crippen molar-refractivity contribution in [2.75, 3.05) is 38.5 Å². The lowest BCUT2D eigenvalue weighted by Crippen LogP contribution is -2.51. The predicted octanol–water partition coefficient (Wildman–Crippen LogP) is -1.50. The molecule has 0 radical (unpaired) electrons. The first-order valence-electron chi connectivity index (χ1n) is 6.98. The molecule has 2 rings (SSSR count). The van der Waals surface area contributed by atoms with Crippen molar-refractivity contribution in [3.8, 4) is 0 Å². The number of hydrogen-bond donors (Lipinski definition) is 2. The maximum absolute atomic E-state index is 11.9. The van der Waals surface area contributed by atoms with E-state index in [-0.39, 0.29) is 18.2 Å². The molecule has 8 heteroatoms. The van der Waals surface area contributed by atoms with Crippen LogP contribution in [-0.2, 0) is 19.4 Å². The molecule has 0 aromatic rings. The zero-order valence-corrected chi connectivity index (χ0v) is 12.2. The maximum Gasteiger partial charge on any atom is 0.242 e. The van der Waals surface area contributed by atoms with Crippen LogP contribution in [0.25, 0.3) is 0 Å². The Balaban J connectivity index is 1.83. The monoisotopic (exact) mass is 303 g/mol. The molecule has 1 atom stereocenters. The van der Waals surface area contributed by atoms with E-state index in [9.17, 15) is 18.0 Å². The average Bonchev–Trinajstić information content (AvgIpc) is 2.45. The van der Waals surface area contributed by atoms with Gasteiger partial charge in [-0.3, -0.25) is 9.59 Å². The van der Waals surface area contributed by atoms with Crippen LogP contribution in [0.3, 0.4) is 0 Å². The van der Waals surface area contributed by atoms with Crippen molar-refractivity contribution >= 4 is 21.7 Å². The Morgan fingerprint density at radius 3 is 2.55 bits per heavy atom. The minimum atomic E-state index is -3.34. The number of carbonyl (C=O) groups is 2. The molecule has 2 aliphatic rings. The van der Waals surface area contributed by atoms with Gasteiger partial charge >= 0.3 is 0 Å². The highest BCUT2D eigenvalue weighted by atomic mass is 32.2. The van der Waals surface area contributed by atoms with E-state index < -0.39 is 21.0 Å². The summed E-state index contributed by atoms with van der Waals surface area (Å²) in [7, 11) is -3.34. The molecule has 114 valence electrons. The second-order valence-electron chi connectivity index (χ2n) is 5.20. The van der Waals surface area contributed by atoms with E-state index in [1.165, 1.54) is 0 Å². The summed E-state index contributed by atoms with van der Waals surface area (Å²) in [6.45, 7) is 2.62. The number of amides is 2. The van der Waals surface area contributed by atoms with Crippen molar-refractivity contribution in [1.29, 1.82) is 0 Å². The van der Waals surface area contributed by atoms with Crippen molar-refractivity contribution in [1.82, 2.24) is 15.5 Å². The third-order valence-corrected chi connectivity index (χ3v) is 5.93. The van der Waals surface area contributed by atoms with Gasteiger partial charge in [0.05, 0.1) is 12.3 Å². The van der Waals surface area contributed by atoms with E-state index in [0.29, 0.717) is 25.9 Å². The molecule has 0 spiro atoms. The fourth-order valence-corrected chi connectivity index (χ4v) is 4.38. The van der Waals surface area contributed by atoms with Crippen LogP contribution in [0.4, 0.5) is 0 Å². The summed E-state index contributed by atoms with van der Waals surface area (Å²) in [4.78, 5) is 25.5. The van der Waals surface area contributed by atoms with Gasteiger partial charge in [0, 0.05) is 26.2 Å². The number of nitrogens with one attached hydrogen (secondary N) is 2. The van der Waals surface area contributed by atoms with Crippen molar-refractivity contribution in [2.45, 2.75) is 24.5 Å². The van der Waals surface area contributed by atoms with Crippen molar-refractivity contribution < 1.29 is 18.0 Å². The zero-order chi connectivity index (χ0) is 14.6. The third kappa shape index (κ3) is 3.69. The van der Waals surface area contributed by atoms with Crippen LogP contribution in [-0.4, -0.2) is 68.9 Å². The highest BCUT2D eigenvalue weighted by molar-refractivity contribution is 7.92. The molecule has 2 saturated heterocycles. The molecule has 0 saturated carbocycles. The van der Waals surface area contributed by atoms with Crippen LogP contribution < -0.4 is 10.6 Å². The molecule has 0 aliphatic carbocycles. The fourth-order valence-electron chi connectivity index (χ4n) is 2.55. The molecular weight excluding hydrogens is 282 g/mol. The summed E-state index contributed by atoms with van der Waals surface area (Å²) in [5.74, 6) is -0.627. The summed E-state index contributed by atoms with van der Waals surface area (Å²) < 4.78 is 23.6. The first kappa shape index (κ1) is 15.2. The third-order valence-electron chi connectivity index (χ3n) is 3.75. The van der Waals surface area contributed by atoms with Crippen molar-refractivity contribution in [3.63, 3.8) is 0 Å². The van der Waals surface area contributed by atoms with Crippen LogP contribution in [0.15, 0.2) is 0 Å². The van der Waals surface area contributed by atoms with Gasteiger partial charge in [-0.25, -0.2) is 8.42 Å². The molecule has 20 heavy (non-hydrogen) atoms. The first-order chi connectivity index (χ1) is 9.50. The van der Waals surface area contributed by atoms with Gasteiger partial charge in [0.25, 0.3) is 0 Å². The molecule has 2 N–H and O–H groups in total. The molecule has 1 unspecified atom stereocenters. The van der Waals surface area contributed by atoms with Crippen LogP contribution in [0.1, 0.15) is 19.3 Å². The largest absolute Gasteiger partial charge is 0.346 e. The van der Waals surface area contributed by atoms with E-state index in [2.05, 4.69) is 10.6 Å². The standard InChI is InChI=1S/C12H21N3O4S/c16-11(15-6-4-13-5-7-15)9-14-12(17)10-3-1-2-8-20(10,18)19/h10,13H,1-9H2,(H,14,17). The second kappa shape index (κ2) is 6.53. The number of piperazine rings is 1. The van der Waals surface area contributed by atoms with Crippen molar-refractivity contribution in [2.24, 2.45) is 0 Å². The molecule has 2 heterocycles. The molecule has 0 aromatic carbocycles. The topological polar surface area (TPSA) is 95.6 Å². The molecule has 7 nitrogen and oxygen atoms in total. The molecule has 2 aliphatic heterocycles. The van der Waals surface area contributed by atoms with Gasteiger partial charge in [-0.1, -0.05) is 6.42 Å². The summed E-state index contributed by atoms with van der Waals surface area (Å²) in [6, 6.07) is 0. The molecule has 0 bridgehead atoms. The smallest absolute Gasteiger partial charge is 0.242 e. The van der Waals surface area contributed by atoms with Gasteiger partial charge in [-0.2, -0.15) is 0 Å². The summed E-state index contributed by atoms with van der Waals surface area (Å²) in [6.07, 6.45) is 1.71. The lowest BCUT2D eigenvalue weighted by molar-refractivity contribution is -0.133. The number of sulfone groups is 1. The Bertz CT molecular complexity index is 471. The number of nitrogens with zero attached hydrogens (tertiary/aromatic N) is 1. The van der Waals surface area contributed by atoms with Crippen LogP contribution >= 0.6 is 0 Å². The fraction of sp³-hybridized carbons (Fsp3) is 0.833. The zero-order valence-electron chi connectivity index (χ0n) is 11.4. The highest BCUT2D eigenvalue weighted by Gasteiger charge is 2.35. The molecular formula is C12H21N3O4S. The van der Waals surface area contributed by atoms with E-state index in [1.54, 1.807) is 4.90 Å². The molecule has 2 fully saturated rings. The van der Waals surface area contributed by atoms with Crippen molar-refractivity contribution in [3.05, 3.63) is 0 Å². The Hall–Kier alpha value is -1.15. The minimum Gasteiger partial charge on any atom is -0.346 e. The molecule has 2 amide bonds. The van der Waals surface area contributed by atoms with Gasteiger partial charge in [0.15, 0.2) is 9.84 Å². The number of rotatable bonds is 3. The summed E-state index contributed by atoms with van der Waals surface area (Å²) in [5.41, 5.74) is 0. The summed E-state index contributed by atoms with van der Waals surface area (Å²) in [5, 5.41) is 4.63. The van der Waals surface area contributed by atoms with Gasteiger partial charge in [0.1, 0.15) is 5.25 Å². The van der Waals surface area contributed by atoms with Gasteiger partial charge < -0.3 is 15.5 Å². The predicted molar refractivity (Wildman–Crippen MR) is 73.9 cm³/mol. The van der Waals surface area contributed by atoms with Crippen LogP contribution in [0, 0.1) is 0 Å². The lowest BCUT2D eigenvalue weighted by Gasteiger charge is -2.28. The normalized spacial score (nSPS) is 26.0. The minimum absolute atomic E-state index is 0.0663. The average molecular weight is 303 g/mol. The van der Waals surface area contributed by atoms with E-state index in [1.807, 2.05) is 0 Å². The Morgan fingerprint density at radius 2 is 1.90 bits per heavy atom. The van der Waals surface area contributed by atoms with E-state index >= 15 is 0 Å². The van der Waals surface area contributed by atoms with Crippen LogP contribution in [0.5, 0.6) is 0 Å². The van der Waals surface area contributed by atoms with Gasteiger partial charge in [-0.05, 0) is 12.8 Å². The number of carbonyl (C=O) groups excluding carboxylic acids is 2. The van der Waals surface area contributed by atoms with Gasteiger partial charge in [0.2, 0.25) is 11.8 Å². The maximum atomic E-state index is 11.9. The first-order valence-corrected chi connectivity index (χ1v) is 8.70. The summed E-state index contributed by atoms with van der Waals surface area (Å²) >= 11 is 0. The Morgan fingerprint density at radius 1 is 1.20 bits per heavy atom. The quantitative estimate of drug-likeness (QED) is 0.662. The lowest BCUT2D eigenvalue weighted by atomic mass is 10.2. The van der Waals surface area contributed by atoms with Gasteiger partial charge in [-0.15, -0.1) is 0 Å². The second-order valence-corrected chi connectivity index (χ2v) is 7.50.